The Morgan fingerprint density at radius 1 is 1.31 bits per heavy atom. The Kier molecular flexibility index (Phi) is 5.56. The highest BCUT2D eigenvalue weighted by Crippen LogP contribution is 2.50. The first-order chi connectivity index (χ1) is 12.2. The van der Waals surface area contributed by atoms with Gasteiger partial charge in [-0.3, -0.25) is 14.9 Å². The standard InChI is InChI=1S/C17H18Cl3NO5/c1-25-9-6-7-13-11(8-9)14(10-4-2-3-5-12(10)22)15(21(23)24)16(26-13)17(18,19)20/h6-8,10,14-16H,2-5H2,1H3/t10-,14-,15-,16-/m1/s1. The number of halogens is 3. The summed E-state index contributed by atoms with van der Waals surface area (Å²) in [5, 5.41) is 11.9. The number of rotatable bonds is 3. The average Bonchev–Trinajstić information content (AvgIpc) is 2.59. The molecule has 1 aliphatic carbocycles. The van der Waals surface area contributed by atoms with Gasteiger partial charge >= 0.3 is 0 Å². The fourth-order valence-electron chi connectivity index (χ4n) is 3.95. The lowest BCUT2D eigenvalue weighted by Crippen LogP contribution is -2.54. The van der Waals surface area contributed by atoms with Crippen LogP contribution >= 0.6 is 34.8 Å². The highest BCUT2D eigenvalue weighted by molar-refractivity contribution is 6.68. The van der Waals surface area contributed by atoms with Crippen molar-refractivity contribution in [2.45, 2.75) is 47.5 Å². The van der Waals surface area contributed by atoms with Crippen molar-refractivity contribution >= 4 is 40.6 Å². The van der Waals surface area contributed by atoms with Crippen LogP contribution in [-0.4, -0.2) is 33.8 Å². The molecule has 0 spiro atoms. The first-order valence-corrected chi connectivity index (χ1v) is 9.45. The molecule has 1 aromatic carbocycles. The molecule has 26 heavy (non-hydrogen) atoms. The Morgan fingerprint density at radius 3 is 2.62 bits per heavy atom. The van der Waals surface area contributed by atoms with E-state index in [1.165, 1.54) is 7.11 Å². The lowest BCUT2D eigenvalue weighted by Gasteiger charge is -2.40. The van der Waals surface area contributed by atoms with E-state index in [4.69, 9.17) is 44.3 Å². The van der Waals surface area contributed by atoms with Crippen molar-refractivity contribution in [1.29, 1.82) is 0 Å². The fraction of sp³-hybridized carbons (Fsp3) is 0.588. The van der Waals surface area contributed by atoms with Crippen molar-refractivity contribution in [3.63, 3.8) is 0 Å². The number of carbonyl (C=O) groups is 1. The zero-order chi connectivity index (χ0) is 19.1. The number of Topliss-reactive ketones (excluding diaryl/α,β-unsaturated/α-hetero) is 1. The van der Waals surface area contributed by atoms with Crippen LogP contribution in [0.25, 0.3) is 0 Å². The Bertz CT molecular complexity index is 721. The molecule has 0 saturated heterocycles. The highest BCUT2D eigenvalue weighted by atomic mass is 35.6. The number of ether oxygens (including phenoxy) is 2. The van der Waals surface area contributed by atoms with Gasteiger partial charge in [0.2, 0.25) is 9.90 Å². The second kappa shape index (κ2) is 7.41. The third kappa shape index (κ3) is 3.59. The van der Waals surface area contributed by atoms with Crippen LogP contribution in [0, 0.1) is 16.0 Å². The van der Waals surface area contributed by atoms with Crippen molar-refractivity contribution in [3.05, 3.63) is 33.9 Å². The molecule has 3 rings (SSSR count). The molecule has 1 heterocycles. The molecule has 0 aromatic heterocycles. The van der Waals surface area contributed by atoms with E-state index in [0.29, 0.717) is 29.9 Å². The normalized spacial score (nSPS) is 28.8. The summed E-state index contributed by atoms with van der Waals surface area (Å²) in [6, 6.07) is 3.62. The molecule has 0 unspecified atom stereocenters. The molecule has 142 valence electrons. The molecule has 1 saturated carbocycles. The molecule has 0 amide bonds. The number of nitro groups is 1. The van der Waals surface area contributed by atoms with Gasteiger partial charge in [0, 0.05) is 22.8 Å². The summed E-state index contributed by atoms with van der Waals surface area (Å²) in [6.07, 6.45) is 1.29. The van der Waals surface area contributed by atoms with Crippen LogP contribution in [0.4, 0.5) is 0 Å². The molecule has 6 nitrogen and oxygen atoms in total. The Hall–Kier alpha value is -1.24. The Morgan fingerprint density at radius 2 is 2.04 bits per heavy atom. The van der Waals surface area contributed by atoms with E-state index in [1.54, 1.807) is 18.2 Å². The van der Waals surface area contributed by atoms with Gasteiger partial charge in [0.15, 0.2) is 0 Å². The van der Waals surface area contributed by atoms with Crippen molar-refractivity contribution < 1.29 is 19.2 Å². The van der Waals surface area contributed by atoms with Gasteiger partial charge in [-0.15, -0.1) is 0 Å². The van der Waals surface area contributed by atoms with Gasteiger partial charge in [0.1, 0.15) is 17.3 Å². The second-order valence-electron chi connectivity index (χ2n) is 6.60. The molecule has 1 aromatic rings. The average molecular weight is 423 g/mol. The predicted molar refractivity (Wildman–Crippen MR) is 98.2 cm³/mol. The number of alkyl halides is 3. The van der Waals surface area contributed by atoms with Crippen molar-refractivity contribution in [1.82, 2.24) is 0 Å². The number of fused-ring (bicyclic) bond motifs is 1. The molecule has 1 fully saturated rings. The summed E-state index contributed by atoms with van der Waals surface area (Å²) in [5.41, 5.74) is 0.553. The second-order valence-corrected chi connectivity index (χ2v) is 8.97. The van der Waals surface area contributed by atoms with Crippen LogP contribution in [0.1, 0.15) is 37.2 Å². The minimum atomic E-state index is -2.01. The summed E-state index contributed by atoms with van der Waals surface area (Å²) in [5.74, 6) is -0.341. The molecule has 0 bridgehead atoms. The maximum Gasteiger partial charge on any atom is 0.261 e. The topological polar surface area (TPSA) is 78.7 Å². The van der Waals surface area contributed by atoms with Gasteiger partial charge in [-0.2, -0.15) is 0 Å². The molecule has 4 atom stereocenters. The maximum absolute atomic E-state index is 12.6. The van der Waals surface area contributed by atoms with Crippen LogP contribution in [0.2, 0.25) is 0 Å². The monoisotopic (exact) mass is 421 g/mol. The van der Waals surface area contributed by atoms with E-state index in [0.717, 1.165) is 12.8 Å². The first-order valence-electron chi connectivity index (χ1n) is 8.31. The lowest BCUT2D eigenvalue weighted by molar-refractivity contribution is -0.540. The Balaban J connectivity index is 2.17. The van der Waals surface area contributed by atoms with Crippen LogP contribution < -0.4 is 9.47 Å². The minimum absolute atomic E-state index is 0.00633. The van der Waals surface area contributed by atoms with Crippen LogP contribution in [0.15, 0.2) is 18.2 Å². The predicted octanol–water partition coefficient (Wildman–Crippen LogP) is 4.31. The van der Waals surface area contributed by atoms with E-state index in [9.17, 15) is 14.9 Å². The molecule has 0 N–H and O–H groups in total. The molecular weight excluding hydrogens is 405 g/mol. The SMILES string of the molecule is COc1ccc2c(c1)[C@@H]([C@@H]1CCCCC1=O)[C@@H]([N+](=O)[O-])[C@H](C(Cl)(Cl)Cl)O2. The molecule has 0 radical (unpaired) electrons. The smallest absolute Gasteiger partial charge is 0.261 e. The fourth-order valence-corrected chi connectivity index (χ4v) is 4.47. The lowest BCUT2D eigenvalue weighted by atomic mass is 9.70. The Labute approximate surface area is 165 Å². The van der Waals surface area contributed by atoms with E-state index >= 15 is 0 Å². The first kappa shape index (κ1) is 19.5. The van der Waals surface area contributed by atoms with Gasteiger partial charge in [0.25, 0.3) is 6.04 Å². The third-order valence-corrected chi connectivity index (χ3v) is 5.75. The van der Waals surface area contributed by atoms with Gasteiger partial charge < -0.3 is 9.47 Å². The largest absolute Gasteiger partial charge is 0.497 e. The van der Waals surface area contributed by atoms with Crippen LogP contribution in [-0.2, 0) is 4.79 Å². The highest BCUT2D eigenvalue weighted by Gasteiger charge is 2.58. The summed E-state index contributed by atoms with van der Waals surface area (Å²) >= 11 is 18.0. The van der Waals surface area contributed by atoms with E-state index in [1.807, 2.05) is 0 Å². The zero-order valence-corrected chi connectivity index (χ0v) is 16.3. The molecular formula is C17H18Cl3NO5. The number of hydrogen-bond donors (Lipinski definition) is 0. The van der Waals surface area contributed by atoms with Gasteiger partial charge in [0.05, 0.1) is 13.0 Å². The maximum atomic E-state index is 12.6. The van der Waals surface area contributed by atoms with E-state index < -0.39 is 32.7 Å². The molecule has 2 aliphatic rings. The summed E-state index contributed by atoms with van der Waals surface area (Å²) < 4.78 is 8.96. The summed E-state index contributed by atoms with van der Waals surface area (Å²) in [7, 11) is 1.50. The van der Waals surface area contributed by atoms with E-state index in [2.05, 4.69) is 0 Å². The van der Waals surface area contributed by atoms with Gasteiger partial charge in [-0.1, -0.05) is 41.2 Å². The number of hydrogen-bond acceptors (Lipinski definition) is 5. The van der Waals surface area contributed by atoms with E-state index in [-0.39, 0.29) is 5.78 Å². The van der Waals surface area contributed by atoms with Crippen molar-refractivity contribution in [3.8, 4) is 11.5 Å². The summed E-state index contributed by atoms with van der Waals surface area (Å²) in [4.78, 5) is 24.0. The number of ketones is 1. The zero-order valence-electron chi connectivity index (χ0n) is 14.0. The van der Waals surface area contributed by atoms with Gasteiger partial charge in [-0.05, 0) is 31.0 Å². The number of benzene rings is 1. The summed E-state index contributed by atoms with van der Waals surface area (Å²) in [6.45, 7) is 0. The van der Waals surface area contributed by atoms with Crippen molar-refractivity contribution in [2.75, 3.05) is 7.11 Å². The van der Waals surface area contributed by atoms with Crippen LogP contribution in [0.3, 0.4) is 0 Å². The minimum Gasteiger partial charge on any atom is -0.497 e. The van der Waals surface area contributed by atoms with Gasteiger partial charge in [-0.25, -0.2) is 0 Å². The van der Waals surface area contributed by atoms with Crippen LogP contribution in [0.5, 0.6) is 11.5 Å². The van der Waals surface area contributed by atoms with Crippen molar-refractivity contribution in [2.24, 2.45) is 5.92 Å². The quantitative estimate of drug-likeness (QED) is 0.412. The molecule has 9 heteroatoms. The number of carbonyl (C=O) groups excluding carboxylic acids is 1. The number of nitrogens with zero attached hydrogens (tertiary/aromatic N) is 1. The number of methoxy groups -OCH3 is 1. The molecule has 1 aliphatic heterocycles. The third-order valence-electron chi connectivity index (χ3n) is 5.11.